The summed E-state index contributed by atoms with van der Waals surface area (Å²) < 4.78 is 5.05. The van der Waals surface area contributed by atoms with Crippen molar-refractivity contribution in [1.82, 2.24) is 0 Å². The zero-order valence-electron chi connectivity index (χ0n) is 11.3. The first-order chi connectivity index (χ1) is 10.9. The summed E-state index contributed by atoms with van der Waals surface area (Å²) in [5, 5.41) is 11.6. The number of nitro benzene ring substituents is 1. The van der Waals surface area contributed by atoms with Crippen molar-refractivity contribution in [2.24, 2.45) is 0 Å². The van der Waals surface area contributed by atoms with E-state index in [-0.39, 0.29) is 21.5 Å². The molecule has 0 aromatic heterocycles. The Labute approximate surface area is 146 Å². The number of ether oxygens (including phenoxy) is 1. The summed E-state index contributed by atoms with van der Waals surface area (Å²) in [7, 11) is 0. The third kappa shape index (κ3) is 4.69. The molecule has 0 spiro atoms. The predicted molar refractivity (Wildman–Crippen MR) is 89.2 cm³/mol. The SMILES string of the molecule is O=C(/C=C/c1cc([N+](=O)[O-])ccc1Cl)Oc1ccc(Cl)cc1Cl. The highest BCUT2D eigenvalue weighted by Crippen LogP contribution is 2.28. The summed E-state index contributed by atoms with van der Waals surface area (Å²) >= 11 is 17.6. The quantitative estimate of drug-likeness (QED) is 0.244. The fraction of sp³-hybridized carbons (Fsp3) is 0. The van der Waals surface area contributed by atoms with Crippen LogP contribution in [0, 0.1) is 10.1 Å². The Bertz CT molecular complexity index is 805. The lowest BCUT2D eigenvalue weighted by Gasteiger charge is -2.04. The normalized spacial score (nSPS) is 10.7. The molecule has 23 heavy (non-hydrogen) atoms. The number of esters is 1. The molecule has 0 amide bonds. The van der Waals surface area contributed by atoms with E-state index in [9.17, 15) is 14.9 Å². The number of nitro groups is 1. The van der Waals surface area contributed by atoms with Crippen molar-refractivity contribution >= 4 is 52.5 Å². The molecule has 8 heteroatoms. The van der Waals surface area contributed by atoms with Crippen LogP contribution in [0.25, 0.3) is 6.08 Å². The Kier molecular flexibility index (Phi) is 5.60. The van der Waals surface area contributed by atoms with Crippen molar-refractivity contribution in [2.45, 2.75) is 0 Å². The minimum absolute atomic E-state index is 0.136. The first-order valence-corrected chi connectivity index (χ1v) is 7.29. The molecule has 0 saturated heterocycles. The second-order valence-electron chi connectivity index (χ2n) is 4.29. The second kappa shape index (κ2) is 7.46. The number of benzene rings is 2. The van der Waals surface area contributed by atoms with E-state index in [1.54, 1.807) is 0 Å². The Morgan fingerprint density at radius 3 is 2.48 bits per heavy atom. The van der Waals surface area contributed by atoms with E-state index in [4.69, 9.17) is 39.5 Å². The van der Waals surface area contributed by atoms with Gasteiger partial charge < -0.3 is 4.74 Å². The number of nitrogens with zero attached hydrogens (tertiary/aromatic N) is 1. The molecule has 0 saturated carbocycles. The lowest BCUT2D eigenvalue weighted by atomic mass is 10.2. The van der Waals surface area contributed by atoms with Gasteiger partial charge in [-0.25, -0.2) is 4.79 Å². The molecule has 0 fully saturated rings. The largest absolute Gasteiger partial charge is 0.422 e. The molecule has 5 nitrogen and oxygen atoms in total. The highest BCUT2D eigenvalue weighted by molar-refractivity contribution is 6.35. The Morgan fingerprint density at radius 2 is 1.83 bits per heavy atom. The number of hydrogen-bond acceptors (Lipinski definition) is 4. The Balaban J connectivity index is 2.15. The molecular formula is C15H8Cl3NO4. The molecular weight excluding hydrogens is 365 g/mol. The van der Waals surface area contributed by atoms with Crippen LogP contribution < -0.4 is 4.74 Å². The van der Waals surface area contributed by atoms with E-state index in [2.05, 4.69) is 0 Å². The van der Waals surface area contributed by atoms with Gasteiger partial charge in [-0.1, -0.05) is 34.8 Å². The molecule has 0 bridgehead atoms. The van der Waals surface area contributed by atoms with Crippen LogP contribution in [0.4, 0.5) is 5.69 Å². The Hall–Kier alpha value is -2.08. The fourth-order valence-corrected chi connectivity index (χ4v) is 2.26. The average molecular weight is 373 g/mol. The fourth-order valence-electron chi connectivity index (χ4n) is 1.63. The summed E-state index contributed by atoms with van der Waals surface area (Å²) in [6.07, 6.45) is 2.41. The highest BCUT2D eigenvalue weighted by Gasteiger charge is 2.09. The van der Waals surface area contributed by atoms with Gasteiger partial charge in [-0.05, 0) is 30.3 Å². The standard InChI is InChI=1S/C15H8Cl3NO4/c16-10-2-5-14(13(18)8-10)23-15(20)6-1-9-7-11(19(21)22)3-4-12(9)17/h1-8H/b6-1+. The molecule has 0 aliphatic heterocycles. The van der Waals surface area contributed by atoms with Crippen molar-refractivity contribution < 1.29 is 14.5 Å². The van der Waals surface area contributed by atoms with Gasteiger partial charge >= 0.3 is 5.97 Å². The number of hydrogen-bond donors (Lipinski definition) is 0. The van der Waals surface area contributed by atoms with Crippen LogP contribution in [0.15, 0.2) is 42.5 Å². The highest BCUT2D eigenvalue weighted by atomic mass is 35.5. The van der Waals surface area contributed by atoms with Gasteiger partial charge in [0.05, 0.1) is 9.95 Å². The van der Waals surface area contributed by atoms with Crippen LogP contribution in [0.3, 0.4) is 0 Å². The van der Waals surface area contributed by atoms with Gasteiger partial charge in [0.2, 0.25) is 0 Å². The monoisotopic (exact) mass is 371 g/mol. The first kappa shape index (κ1) is 17.3. The zero-order valence-corrected chi connectivity index (χ0v) is 13.6. The molecule has 118 valence electrons. The van der Waals surface area contributed by atoms with Gasteiger partial charge in [0.1, 0.15) is 5.75 Å². The molecule has 2 aromatic carbocycles. The molecule has 2 aromatic rings. The van der Waals surface area contributed by atoms with Gasteiger partial charge in [0, 0.05) is 33.8 Å². The van der Waals surface area contributed by atoms with E-state index in [0.717, 1.165) is 6.08 Å². The van der Waals surface area contributed by atoms with Crippen LogP contribution in [0.1, 0.15) is 5.56 Å². The number of rotatable bonds is 4. The van der Waals surface area contributed by atoms with Gasteiger partial charge in [0.15, 0.2) is 0 Å². The van der Waals surface area contributed by atoms with Gasteiger partial charge in [0.25, 0.3) is 5.69 Å². The first-order valence-electron chi connectivity index (χ1n) is 6.15. The summed E-state index contributed by atoms with van der Waals surface area (Å²) in [6, 6.07) is 8.31. The van der Waals surface area contributed by atoms with E-state index in [1.165, 1.54) is 42.5 Å². The summed E-state index contributed by atoms with van der Waals surface area (Å²) in [5.41, 5.74) is 0.184. The maximum Gasteiger partial charge on any atom is 0.336 e. The third-order valence-electron chi connectivity index (χ3n) is 2.69. The van der Waals surface area contributed by atoms with Gasteiger partial charge in [-0.15, -0.1) is 0 Å². The molecule has 0 unspecified atom stereocenters. The molecule has 0 heterocycles. The molecule has 0 atom stereocenters. The maximum absolute atomic E-state index is 11.8. The minimum atomic E-state index is -0.711. The van der Waals surface area contributed by atoms with Crippen molar-refractivity contribution in [1.29, 1.82) is 0 Å². The van der Waals surface area contributed by atoms with E-state index in [0.29, 0.717) is 10.6 Å². The molecule has 0 radical (unpaired) electrons. The zero-order chi connectivity index (χ0) is 17.0. The van der Waals surface area contributed by atoms with Crippen molar-refractivity contribution in [3.05, 3.63) is 73.2 Å². The average Bonchev–Trinajstić information content (AvgIpc) is 2.49. The molecule has 0 aliphatic carbocycles. The second-order valence-corrected chi connectivity index (χ2v) is 5.54. The summed E-state index contributed by atoms with van der Waals surface area (Å²) in [5.74, 6) is -0.562. The van der Waals surface area contributed by atoms with E-state index < -0.39 is 10.9 Å². The van der Waals surface area contributed by atoms with Crippen molar-refractivity contribution in [3.8, 4) is 5.75 Å². The molecule has 2 rings (SSSR count). The van der Waals surface area contributed by atoms with Crippen LogP contribution >= 0.6 is 34.8 Å². The van der Waals surface area contributed by atoms with Crippen LogP contribution in [-0.4, -0.2) is 10.9 Å². The molecule has 0 aliphatic rings. The molecule has 0 N–H and O–H groups in total. The van der Waals surface area contributed by atoms with Gasteiger partial charge in [-0.3, -0.25) is 10.1 Å². The lowest BCUT2D eigenvalue weighted by molar-refractivity contribution is -0.384. The van der Waals surface area contributed by atoms with Crippen LogP contribution in [0.2, 0.25) is 15.1 Å². The topological polar surface area (TPSA) is 69.4 Å². The number of non-ortho nitro benzene ring substituents is 1. The van der Waals surface area contributed by atoms with Crippen molar-refractivity contribution in [3.63, 3.8) is 0 Å². The Morgan fingerprint density at radius 1 is 1.09 bits per heavy atom. The van der Waals surface area contributed by atoms with Crippen molar-refractivity contribution in [2.75, 3.05) is 0 Å². The predicted octanol–water partition coefficient (Wildman–Crippen LogP) is 5.17. The van der Waals surface area contributed by atoms with E-state index in [1.807, 2.05) is 0 Å². The van der Waals surface area contributed by atoms with Crippen LogP contribution in [-0.2, 0) is 4.79 Å². The summed E-state index contributed by atoms with van der Waals surface area (Å²) in [4.78, 5) is 21.9. The van der Waals surface area contributed by atoms with Gasteiger partial charge in [-0.2, -0.15) is 0 Å². The third-order valence-corrected chi connectivity index (χ3v) is 3.57. The lowest BCUT2D eigenvalue weighted by Crippen LogP contribution is -2.04. The maximum atomic E-state index is 11.8. The minimum Gasteiger partial charge on any atom is -0.422 e. The number of carbonyl (C=O) groups is 1. The summed E-state index contributed by atoms with van der Waals surface area (Å²) in [6.45, 7) is 0. The number of carbonyl (C=O) groups excluding carboxylic acids is 1. The van der Waals surface area contributed by atoms with Crippen LogP contribution in [0.5, 0.6) is 5.75 Å². The van der Waals surface area contributed by atoms with E-state index >= 15 is 0 Å². The smallest absolute Gasteiger partial charge is 0.336 e. The number of halogens is 3.